The minimum Gasteiger partial charge on any atom is -0.460 e. The minimum atomic E-state index is -0.642. The molecule has 0 aliphatic heterocycles. The molecule has 1 aromatic carbocycles. The van der Waals surface area contributed by atoms with Crippen molar-refractivity contribution in [2.75, 3.05) is 25.6 Å². The highest BCUT2D eigenvalue weighted by atomic mass is 35.5. The van der Waals surface area contributed by atoms with Crippen LogP contribution >= 0.6 is 11.6 Å². The van der Waals surface area contributed by atoms with Crippen LogP contribution in [0.3, 0.4) is 0 Å². The number of allylic oxidation sites excluding steroid dienone is 1. The number of hydrogen-bond donors (Lipinski definition) is 1. The molecule has 0 saturated heterocycles. The summed E-state index contributed by atoms with van der Waals surface area (Å²) in [5.74, 6) is -1.33. The highest BCUT2D eigenvalue weighted by molar-refractivity contribution is 6.35. The van der Waals surface area contributed by atoms with E-state index in [1.54, 1.807) is 6.07 Å². The van der Waals surface area contributed by atoms with Crippen molar-refractivity contribution in [2.24, 2.45) is 0 Å². The number of esters is 1. The van der Waals surface area contributed by atoms with E-state index in [2.05, 4.69) is 5.32 Å². The number of amides is 1. The van der Waals surface area contributed by atoms with Crippen LogP contribution in [0.5, 0.6) is 0 Å². The lowest BCUT2D eigenvalue weighted by Crippen LogP contribution is -2.08. The Kier molecular flexibility index (Phi) is 7.28. The first-order valence-corrected chi connectivity index (χ1v) is 6.77. The largest absolute Gasteiger partial charge is 0.460 e. The summed E-state index contributed by atoms with van der Waals surface area (Å²) >= 11 is 5.99. The van der Waals surface area contributed by atoms with E-state index in [0.717, 1.165) is 12.2 Å². The van der Waals surface area contributed by atoms with Gasteiger partial charge in [0.1, 0.15) is 6.61 Å². The van der Waals surface area contributed by atoms with Crippen LogP contribution < -0.4 is 5.32 Å². The molecular formula is C15H16ClNO5. The van der Waals surface area contributed by atoms with Crippen LogP contribution in [0.2, 0.25) is 5.02 Å². The van der Waals surface area contributed by atoms with E-state index >= 15 is 0 Å². The first-order valence-electron chi connectivity index (χ1n) is 6.39. The summed E-state index contributed by atoms with van der Waals surface area (Å²) in [6.45, 7) is 1.76. The van der Waals surface area contributed by atoms with Gasteiger partial charge in [-0.1, -0.05) is 11.6 Å². The van der Waals surface area contributed by atoms with Gasteiger partial charge in [0.05, 0.1) is 11.6 Å². The van der Waals surface area contributed by atoms with Gasteiger partial charge in [-0.15, -0.1) is 0 Å². The molecule has 0 radical (unpaired) electrons. The number of carbonyl (C=O) groups excluding carboxylic acids is 3. The molecule has 0 aromatic heterocycles. The van der Waals surface area contributed by atoms with Crippen LogP contribution in [0, 0.1) is 0 Å². The molecular weight excluding hydrogens is 310 g/mol. The van der Waals surface area contributed by atoms with Gasteiger partial charge in [-0.3, -0.25) is 9.59 Å². The second-order valence-corrected chi connectivity index (χ2v) is 4.64. The third-order valence-electron chi connectivity index (χ3n) is 2.46. The van der Waals surface area contributed by atoms with Crippen molar-refractivity contribution < 1.29 is 23.9 Å². The second-order valence-electron chi connectivity index (χ2n) is 4.23. The average Bonchev–Trinajstić information content (AvgIpc) is 2.44. The van der Waals surface area contributed by atoms with E-state index in [9.17, 15) is 14.4 Å². The maximum atomic E-state index is 11.9. The van der Waals surface area contributed by atoms with Gasteiger partial charge in [0.25, 0.3) is 0 Å². The smallest absolute Gasteiger partial charge is 0.330 e. The van der Waals surface area contributed by atoms with Gasteiger partial charge < -0.3 is 14.8 Å². The Morgan fingerprint density at radius 2 is 1.95 bits per heavy atom. The molecule has 118 valence electrons. The molecule has 0 bridgehead atoms. The number of carbonyl (C=O) groups is 3. The Balaban J connectivity index is 2.69. The number of anilines is 1. The van der Waals surface area contributed by atoms with Gasteiger partial charge in [-0.05, 0) is 24.3 Å². The molecule has 0 spiro atoms. The summed E-state index contributed by atoms with van der Waals surface area (Å²) in [6, 6.07) is 4.47. The summed E-state index contributed by atoms with van der Waals surface area (Å²) in [5.41, 5.74) is 0.703. The normalized spacial score (nSPS) is 10.5. The molecule has 1 rings (SSSR count). The second kappa shape index (κ2) is 8.96. The highest BCUT2D eigenvalue weighted by Gasteiger charge is 2.09. The summed E-state index contributed by atoms with van der Waals surface area (Å²) in [5, 5.41) is 2.73. The van der Waals surface area contributed by atoms with Gasteiger partial charge in [0.2, 0.25) is 5.91 Å². The number of nitrogens with one attached hydrogen (secondary N) is 1. The van der Waals surface area contributed by atoms with Crippen molar-refractivity contribution in [1.82, 2.24) is 0 Å². The molecule has 0 heterocycles. The van der Waals surface area contributed by atoms with Crippen molar-refractivity contribution in [3.05, 3.63) is 40.9 Å². The molecule has 6 nitrogen and oxygen atoms in total. The molecule has 0 aliphatic carbocycles. The zero-order valence-electron chi connectivity index (χ0n) is 12.2. The van der Waals surface area contributed by atoms with E-state index in [1.165, 1.54) is 26.2 Å². The van der Waals surface area contributed by atoms with Crippen LogP contribution in [-0.2, 0) is 19.1 Å². The fourth-order valence-corrected chi connectivity index (χ4v) is 1.78. The van der Waals surface area contributed by atoms with Gasteiger partial charge >= 0.3 is 5.97 Å². The minimum absolute atomic E-state index is 0.111. The highest BCUT2D eigenvalue weighted by Crippen LogP contribution is 2.21. The zero-order chi connectivity index (χ0) is 16.5. The first-order chi connectivity index (χ1) is 10.4. The Morgan fingerprint density at radius 3 is 2.55 bits per heavy atom. The SMILES string of the molecule is COCCOC(=O)/C=C/C(=O)c1ccc(NC(C)=O)cc1Cl. The fourth-order valence-electron chi connectivity index (χ4n) is 1.50. The lowest BCUT2D eigenvalue weighted by Gasteiger charge is -2.05. The number of rotatable bonds is 7. The maximum Gasteiger partial charge on any atom is 0.330 e. The quantitative estimate of drug-likeness (QED) is 0.360. The van der Waals surface area contributed by atoms with Gasteiger partial charge in [0, 0.05) is 31.4 Å². The van der Waals surface area contributed by atoms with Crippen molar-refractivity contribution in [3.8, 4) is 0 Å². The molecule has 0 atom stereocenters. The molecule has 0 saturated carbocycles. The molecule has 1 aromatic rings. The van der Waals surface area contributed by atoms with Crippen LogP contribution in [-0.4, -0.2) is 38.0 Å². The summed E-state index contributed by atoms with van der Waals surface area (Å²) in [4.78, 5) is 34.2. The lowest BCUT2D eigenvalue weighted by molar-refractivity contribution is -0.139. The predicted octanol–water partition coefficient (Wildman–Crippen LogP) is 2.23. The Bertz CT molecular complexity index is 598. The lowest BCUT2D eigenvalue weighted by atomic mass is 10.1. The molecule has 0 aliphatic rings. The predicted molar refractivity (Wildman–Crippen MR) is 82.1 cm³/mol. The molecule has 1 N–H and O–H groups in total. The van der Waals surface area contributed by atoms with E-state index in [-0.39, 0.29) is 29.7 Å². The van der Waals surface area contributed by atoms with Crippen LogP contribution in [0.15, 0.2) is 30.4 Å². The summed E-state index contributed by atoms with van der Waals surface area (Å²) < 4.78 is 9.50. The molecule has 7 heteroatoms. The van der Waals surface area contributed by atoms with Crippen LogP contribution in [0.25, 0.3) is 0 Å². The van der Waals surface area contributed by atoms with Crippen molar-refractivity contribution >= 4 is 34.9 Å². The summed E-state index contributed by atoms with van der Waals surface area (Å²) in [7, 11) is 1.49. The van der Waals surface area contributed by atoms with E-state index in [0.29, 0.717) is 5.69 Å². The summed E-state index contributed by atoms with van der Waals surface area (Å²) in [6.07, 6.45) is 2.10. The monoisotopic (exact) mass is 325 g/mol. The molecule has 22 heavy (non-hydrogen) atoms. The van der Waals surface area contributed by atoms with Gasteiger partial charge in [0.15, 0.2) is 5.78 Å². The third kappa shape index (κ3) is 6.07. The number of hydrogen-bond acceptors (Lipinski definition) is 5. The first kappa shape index (κ1) is 17.9. The Hall–Kier alpha value is -2.18. The standard InChI is InChI=1S/C15H16ClNO5/c1-10(18)17-11-3-4-12(13(16)9-11)14(19)5-6-15(20)22-8-7-21-2/h3-6,9H,7-8H2,1-2H3,(H,17,18)/b6-5+. The number of halogens is 1. The molecule has 1 amide bonds. The van der Waals surface area contributed by atoms with E-state index in [1.807, 2.05) is 0 Å². The number of benzene rings is 1. The molecule has 0 fully saturated rings. The van der Waals surface area contributed by atoms with Crippen LogP contribution in [0.1, 0.15) is 17.3 Å². The van der Waals surface area contributed by atoms with Gasteiger partial charge in [-0.25, -0.2) is 4.79 Å². The zero-order valence-corrected chi connectivity index (χ0v) is 13.0. The number of methoxy groups -OCH3 is 1. The van der Waals surface area contributed by atoms with Gasteiger partial charge in [-0.2, -0.15) is 0 Å². The average molecular weight is 326 g/mol. The maximum absolute atomic E-state index is 11.9. The van der Waals surface area contributed by atoms with E-state index < -0.39 is 11.8 Å². The Labute approximate surface area is 133 Å². The Morgan fingerprint density at radius 1 is 1.23 bits per heavy atom. The van der Waals surface area contributed by atoms with Crippen molar-refractivity contribution in [2.45, 2.75) is 6.92 Å². The topological polar surface area (TPSA) is 81.7 Å². The van der Waals surface area contributed by atoms with Crippen LogP contribution in [0.4, 0.5) is 5.69 Å². The van der Waals surface area contributed by atoms with E-state index in [4.69, 9.17) is 21.1 Å². The fraction of sp³-hybridized carbons (Fsp3) is 0.267. The number of ketones is 1. The van der Waals surface area contributed by atoms with Crippen molar-refractivity contribution in [3.63, 3.8) is 0 Å². The van der Waals surface area contributed by atoms with Crippen molar-refractivity contribution in [1.29, 1.82) is 0 Å². The number of ether oxygens (including phenoxy) is 2. The molecule has 0 unspecified atom stereocenters. The third-order valence-corrected chi connectivity index (χ3v) is 2.77.